The van der Waals surface area contributed by atoms with E-state index in [0.717, 1.165) is 32.6 Å². The summed E-state index contributed by atoms with van der Waals surface area (Å²) in [5.41, 5.74) is 0. The van der Waals surface area contributed by atoms with Crippen molar-refractivity contribution in [2.45, 2.75) is 33.6 Å². The average molecular weight is 269 g/mol. The third-order valence-electron chi connectivity index (χ3n) is 3.76. The predicted molar refractivity (Wildman–Crippen MR) is 75.9 cm³/mol. The summed E-state index contributed by atoms with van der Waals surface area (Å²) < 4.78 is 0. The molecule has 1 saturated heterocycles. The van der Waals surface area contributed by atoms with Crippen LogP contribution in [0.2, 0.25) is 0 Å². The van der Waals surface area contributed by atoms with Gasteiger partial charge in [-0.1, -0.05) is 20.8 Å². The molecule has 0 aromatic heterocycles. The first-order valence-electron chi connectivity index (χ1n) is 7.40. The lowest BCUT2D eigenvalue weighted by atomic mass is 10.3. The number of likely N-dealkylation sites (N-methyl/N-ethyl adjacent to an activating group) is 1. The van der Waals surface area contributed by atoms with Crippen LogP contribution in [0.4, 0.5) is 0 Å². The van der Waals surface area contributed by atoms with E-state index in [4.69, 9.17) is 0 Å². The van der Waals surface area contributed by atoms with Crippen LogP contribution in [-0.4, -0.2) is 72.3 Å². The number of carbonyl (C=O) groups excluding carboxylic acids is 2. The molecular weight excluding hydrogens is 242 g/mol. The Labute approximate surface area is 116 Å². The fraction of sp³-hybridized carbons (Fsp3) is 0.857. The van der Waals surface area contributed by atoms with Gasteiger partial charge in [0.1, 0.15) is 0 Å². The number of carbonyl (C=O) groups is 2. The second-order valence-electron chi connectivity index (χ2n) is 4.93. The topological polar surface area (TPSA) is 43.9 Å². The zero-order valence-corrected chi connectivity index (χ0v) is 12.5. The Balaban J connectivity index is 2.48. The summed E-state index contributed by atoms with van der Waals surface area (Å²) in [6.07, 6.45) is 1.43. The van der Waals surface area contributed by atoms with Gasteiger partial charge in [-0.3, -0.25) is 14.5 Å². The Morgan fingerprint density at radius 1 is 0.895 bits per heavy atom. The molecule has 5 heteroatoms. The molecule has 2 amide bonds. The lowest BCUT2D eigenvalue weighted by Gasteiger charge is -2.25. The Bertz CT molecular complexity index is 303. The maximum Gasteiger partial charge on any atom is 0.236 e. The summed E-state index contributed by atoms with van der Waals surface area (Å²) in [4.78, 5) is 29.8. The first kappa shape index (κ1) is 16.0. The van der Waals surface area contributed by atoms with Gasteiger partial charge in [-0.05, 0) is 19.5 Å². The number of hydrogen-bond donors (Lipinski definition) is 0. The van der Waals surface area contributed by atoms with Crippen LogP contribution < -0.4 is 0 Å². The quantitative estimate of drug-likeness (QED) is 0.741. The molecule has 0 atom stereocenters. The number of amides is 2. The van der Waals surface area contributed by atoms with Gasteiger partial charge in [0.05, 0.1) is 6.54 Å². The molecule has 0 unspecified atom stereocenters. The fourth-order valence-electron chi connectivity index (χ4n) is 2.38. The molecule has 1 heterocycles. The Morgan fingerprint density at radius 2 is 1.42 bits per heavy atom. The zero-order valence-electron chi connectivity index (χ0n) is 12.5. The van der Waals surface area contributed by atoms with Gasteiger partial charge in [-0.15, -0.1) is 0 Å². The molecule has 0 spiro atoms. The molecule has 0 bridgehead atoms. The lowest BCUT2D eigenvalue weighted by Crippen LogP contribution is -2.42. The molecule has 5 nitrogen and oxygen atoms in total. The van der Waals surface area contributed by atoms with E-state index in [-0.39, 0.29) is 11.8 Å². The third-order valence-corrected chi connectivity index (χ3v) is 3.76. The number of nitrogens with zero attached hydrogens (tertiary/aromatic N) is 3. The minimum Gasteiger partial charge on any atom is -0.341 e. The van der Waals surface area contributed by atoms with Crippen LogP contribution >= 0.6 is 0 Å². The Hall–Kier alpha value is -1.10. The summed E-state index contributed by atoms with van der Waals surface area (Å²) in [5, 5.41) is 0. The molecule has 0 aliphatic carbocycles. The number of hydrogen-bond acceptors (Lipinski definition) is 3. The van der Waals surface area contributed by atoms with Crippen molar-refractivity contribution in [2.75, 3.05) is 45.8 Å². The molecule has 1 aliphatic heterocycles. The van der Waals surface area contributed by atoms with Crippen molar-refractivity contribution in [1.82, 2.24) is 14.7 Å². The van der Waals surface area contributed by atoms with E-state index in [1.54, 1.807) is 0 Å². The highest BCUT2D eigenvalue weighted by atomic mass is 16.2. The summed E-state index contributed by atoms with van der Waals surface area (Å²) in [6, 6.07) is 0. The summed E-state index contributed by atoms with van der Waals surface area (Å²) >= 11 is 0. The van der Waals surface area contributed by atoms with Gasteiger partial charge in [0.25, 0.3) is 0 Å². The van der Waals surface area contributed by atoms with E-state index in [1.807, 2.05) is 16.7 Å². The molecule has 1 rings (SSSR count). The van der Waals surface area contributed by atoms with Gasteiger partial charge in [0.2, 0.25) is 11.8 Å². The van der Waals surface area contributed by atoms with E-state index >= 15 is 0 Å². The highest BCUT2D eigenvalue weighted by Crippen LogP contribution is 2.06. The first-order chi connectivity index (χ1) is 9.12. The summed E-state index contributed by atoms with van der Waals surface area (Å²) in [6.45, 7) is 11.2. The largest absolute Gasteiger partial charge is 0.341 e. The Kier molecular flexibility index (Phi) is 6.84. The highest BCUT2D eigenvalue weighted by Gasteiger charge is 2.21. The molecule has 0 aromatic rings. The molecule has 19 heavy (non-hydrogen) atoms. The second kappa shape index (κ2) is 8.15. The van der Waals surface area contributed by atoms with E-state index in [2.05, 4.69) is 18.7 Å². The predicted octanol–water partition coefficient (Wildman–Crippen LogP) is 0.799. The molecule has 0 aromatic carbocycles. The van der Waals surface area contributed by atoms with Gasteiger partial charge in [0.15, 0.2) is 0 Å². The van der Waals surface area contributed by atoms with Crippen LogP contribution in [0.5, 0.6) is 0 Å². The van der Waals surface area contributed by atoms with Gasteiger partial charge >= 0.3 is 0 Å². The van der Waals surface area contributed by atoms with Crippen molar-refractivity contribution >= 4 is 11.8 Å². The van der Waals surface area contributed by atoms with Crippen LogP contribution in [0.25, 0.3) is 0 Å². The SMILES string of the molecule is CCC(=O)N1CCCN(C(=O)CN(CC)CC)CC1. The molecule has 0 N–H and O–H groups in total. The normalized spacial score (nSPS) is 16.6. The molecular formula is C14H27N3O2. The summed E-state index contributed by atoms with van der Waals surface area (Å²) in [5.74, 6) is 0.382. The third kappa shape index (κ3) is 4.82. The van der Waals surface area contributed by atoms with Gasteiger partial charge in [-0.2, -0.15) is 0 Å². The molecule has 1 aliphatic rings. The molecule has 1 fully saturated rings. The molecule has 0 saturated carbocycles. The zero-order chi connectivity index (χ0) is 14.3. The Morgan fingerprint density at radius 3 is 1.89 bits per heavy atom. The highest BCUT2D eigenvalue weighted by molar-refractivity contribution is 5.79. The number of rotatable bonds is 5. The fourth-order valence-corrected chi connectivity index (χ4v) is 2.38. The second-order valence-corrected chi connectivity index (χ2v) is 4.93. The van der Waals surface area contributed by atoms with Gasteiger partial charge in [-0.25, -0.2) is 0 Å². The van der Waals surface area contributed by atoms with E-state index < -0.39 is 0 Å². The van der Waals surface area contributed by atoms with E-state index in [0.29, 0.717) is 26.1 Å². The summed E-state index contributed by atoms with van der Waals surface area (Å²) in [7, 11) is 0. The van der Waals surface area contributed by atoms with Crippen molar-refractivity contribution in [1.29, 1.82) is 0 Å². The van der Waals surface area contributed by atoms with Crippen LogP contribution in [0.15, 0.2) is 0 Å². The van der Waals surface area contributed by atoms with Crippen LogP contribution in [0.3, 0.4) is 0 Å². The molecule has 0 radical (unpaired) electrons. The van der Waals surface area contributed by atoms with Gasteiger partial charge in [0, 0.05) is 32.6 Å². The van der Waals surface area contributed by atoms with Crippen molar-refractivity contribution < 1.29 is 9.59 Å². The van der Waals surface area contributed by atoms with Gasteiger partial charge < -0.3 is 9.80 Å². The first-order valence-corrected chi connectivity index (χ1v) is 7.40. The van der Waals surface area contributed by atoms with Crippen molar-refractivity contribution in [3.8, 4) is 0 Å². The maximum atomic E-state index is 12.2. The lowest BCUT2D eigenvalue weighted by molar-refractivity contribution is -0.134. The van der Waals surface area contributed by atoms with Crippen molar-refractivity contribution in [2.24, 2.45) is 0 Å². The maximum absolute atomic E-state index is 12.2. The standard InChI is InChI=1S/C14H27N3O2/c1-4-13(18)16-8-7-9-17(11-10-16)14(19)12-15(5-2)6-3/h4-12H2,1-3H3. The van der Waals surface area contributed by atoms with Crippen LogP contribution in [0.1, 0.15) is 33.6 Å². The van der Waals surface area contributed by atoms with E-state index in [9.17, 15) is 9.59 Å². The van der Waals surface area contributed by atoms with Crippen molar-refractivity contribution in [3.63, 3.8) is 0 Å². The minimum absolute atomic E-state index is 0.189. The van der Waals surface area contributed by atoms with Crippen LogP contribution in [-0.2, 0) is 9.59 Å². The monoisotopic (exact) mass is 269 g/mol. The molecule has 110 valence electrons. The average Bonchev–Trinajstić information content (AvgIpc) is 2.69. The van der Waals surface area contributed by atoms with Crippen LogP contribution in [0, 0.1) is 0 Å². The smallest absolute Gasteiger partial charge is 0.236 e. The van der Waals surface area contributed by atoms with Crippen molar-refractivity contribution in [3.05, 3.63) is 0 Å². The van der Waals surface area contributed by atoms with E-state index in [1.165, 1.54) is 0 Å². The minimum atomic E-state index is 0.189.